The highest BCUT2D eigenvalue weighted by Gasteiger charge is 2.30. The molecule has 3 aromatic rings. The molecule has 0 saturated carbocycles. The first-order valence-electron chi connectivity index (χ1n) is 8.90. The molecule has 6 nitrogen and oxygen atoms in total. The monoisotopic (exact) mass is 373 g/mol. The van der Waals surface area contributed by atoms with Crippen LogP contribution in [0.25, 0.3) is 22.4 Å². The minimum absolute atomic E-state index is 0.00454. The van der Waals surface area contributed by atoms with E-state index in [4.69, 9.17) is 10.5 Å². The van der Waals surface area contributed by atoms with Crippen LogP contribution in [0.4, 0.5) is 5.69 Å². The Kier molecular flexibility index (Phi) is 4.19. The van der Waals surface area contributed by atoms with E-state index < -0.39 is 5.97 Å². The number of ether oxygens (including phenoxy) is 1. The minimum Gasteiger partial charge on any atom is -0.464 e. The van der Waals surface area contributed by atoms with Crippen molar-refractivity contribution in [2.24, 2.45) is 0 Å². The summed E-state index contributed by atoms with van der Waals surface area (Å²) in [7, 11) is 1.32. The zero-order valence-electron chi connectivity index (χ0n) is 15.9. The fourth-order valence-electron chi connectivity index (χ4n) is 3.69. The Hall–Kier alpha value is -3.54. The summed E-state index contributed by atoms with van der Waals surface area (Å²) >= 11 is 0. The van der Waals surface area contributed by atoms with Crippen LogP contribution in [0.3, 0.4) is 0 Å². The molecule has 28 heavy (non-hydrogen) atoms. The molecule has 1 aliphatic carbocycles. The third kappa shape index (κ3) is 2.65. The molecule has 0 unspecified atom stereocenters. The number of esters is 1. The molecule has 2 N–H and O–H groups in total. The molecule has 1 aromatic heterocycles. The van der Waals surface area contributed by atoms with Crippen LogP contribution in [-0.2, 0) is 11.2 Å². The van der Waals surface area contributed by atoms with Crippen LogP contribution < -0.4 is 5.73 Å². The Morgan fingerprint density at radius 3 is 2.61 bits per heavy atom. The van der Waals surface area contributed by atoms with Crippen molar-refractivity contribution in [1.29, 1.82) is 0 Å². The van der Waals surface area contributed by atoms with Crippen LogP contribution in [0.1, 0.15) is 44.5 Å². The van der Waals surface area contributed by atoms with Gasteiger partial charge in [0.2, 0.25) is 0 Å². The van der Waals surface area contributed by atoms with Gasteiger partial charge in [-0.15, -0.1) is 10.2 Å². The molecule has 4 rings (SSSR count). The minimum atomic E-state index is -0.529. The maximum absolute atomic E-state index is 12.3. The van der Waals surface area contributed by atoms with Crippen molar-refractivity contribution in [3.8, 4) is 22.4 Å². The lowest BCUT2D eigenvalue weighted by Gasteiger charge is -2.13. The number of fused-ring (bicyclic) bond motifs is 3. The highest BCUT2D eigenvalue weighted by atomic mass is 16.5. The summed E-state index contributed by atoms with van der Waals surface area (Å²) in [5, 5.41) is 8.55. The number of nitrogen functional groups attached to an aromatic ring is 1. The van der Waals surface area contributed by atoms with Gasteiger partial charge in [0.1, 0.15) is 5.69 Å². The van der Waals surface area contributed by atoms with E-state index in [1.807, 2.05) is 37.3 Å². The number of Topliss-reactive ketones (excluding diaryl/α,β-unsaturated/α-hetero) is 1. The summed E-state index contributed by atoms with van der Waals surface area (Å²) in [6.45, 7) is 3.47. The highest BCUT2D eigenvalue weighted by Crippen LogP contribution is 2.44. The number of rotatable bonds is 3. The van der Waals surface area contributed by atoms with Gasteiger partial charge in [0, 0.05) is 34.4 Å². The van der Waals surface area contributed by atoms with E-state index in [1.165, 1.54) is 14.0 Å². The van der Waals surface area contributed by atoms with Gasteiger partial charge >= 0.3 is 5.97 Å². The van der Waals surface area contributed by atoms with Crippen LogP contribution in [-0.4, -0.2) is 29.1 Å². The number of methoxy groups -OCH3 is 1. The topological polar surface area (TPSA) is 95.2 Å². The van der Waals surface area contributed by atoms with E-state index in [1.54, 1.807) is 6.07 Å². The molecule has 0 atom stereocenters. The second kappa shape index (κ2) is 6.56. The lowest BCUT2D eigenvalue weighted by molar-refractivity contribution is 0.0591. The number of aromatic nitrogens is 2. The molecular weight excluding hydrogens is 354 g/mol. The Labute approximate surface area is 162 Å². The molecule has 1 aliphatic rings. The van der Waals surface area contributed by atoms with E-state index in [9.17, 15) is 9.59 Å². The molecular formula is C22H19N3O3. The number of carbonyl (C=O) groups excluding carboxylic acids is 2. The SMILES string of the molecule is COC(=O)c1nnc(-c2cccc(N)c2C)c2c1Cc1cc(C(C)=O)ccc1-2. The molecule has 2 aromatic carbocycles. The number of nitrogens with two attached hydrogens (primary N) is 1. The number of ketones is 1. The van der Waals surface area contributed by atoms with E-state index in [-0.39, 0.29) is 11.5 Å². The third-order valence-electron chi connectivity index (χ3n) is 5.23. The second-order valence-electron chi connectivity index (χ2n) is 6.87. The van der Waals surface area contributed by atoms with Crippen molar-refractivity contribution in [2.45, 2.75) is 20.3 Å². The maximum Gasteiger partial charge on any atom is 0.358 e. The number of hydrogen-bond acceptors (Lipinski definition) is 6. The van der Waals surface area contributed by atoms with Crippen molar-refractivity contribution in [3.05, 3.63) is 64.3 Å². The van der Waals surface area contributed by atoms with Gasteiger partial charge < -0.3 is 10.5 Å². The van der Waals surface area contributed by atoms with Crippen molar-refractivity contribution >= 4 is 17.4 Å². The van der Waals surface area contributed by atoms with Gasteiger partial charge in [-0.25, -0.2) is 4.79 Å². The van der Waals surface area contributed by atoms with Crippen molar-refractivity contribution in [1.82, 2.24) is 10.2 Å². The Balaban J connectivity index is 2.02. The largest absolute Gasteiger partial charge is 0.464 e. The Bertz CT molecular complexity index is 1150. The molecule has 0 fully saturated rings. The fraction of sp³-hybridized carbons (Fsp3) is 0.182. The molecule has 0 saturated heterocycles. The van der Waals surface area contributed by atoms with Gasteiger partial charge in [0.15, 0.2) is 11.5 Å². The quantitative estimate of drug-likeness (QED) is 0.335. The summed E-state index contributed by atoms with van der Waals surface area (Å²) in [5.74, 6) is -0.533. The van der Waals surface area contributed by atoms with Crippen molar-refractivity contribution in [2.75, 3.05) is 12.8 Å². The van der Waals surface area contributed by atoms with Gasteiger partial charge in [-0.3, -0.25) is 4.79 Å². The van der Waals surface area contributed by atoms with Gasteiger partial charge in [-0.1, -0.05) is 24.3 Å². The van der Waals surface area contributed by atoms with Crippen LogP contribution in [0, 0.1) is 6.92 Å². The first kappa shape index (κ1) is 17.9. The molecule has 0 radical (unpaired) electrons. The van der Waals surface area contributed by atoms with Crippen LogP contribution in [0.2, 0.25) is 0 Å². The Morgan fingerprint density at radius 2 is 1.89 bits per heavy atom. The van der Waals surface area contributed by atoms with E-state index in [0.29, 0.717) is 23.4 Å². The predicted molar refractivity (Wildman–Crippen MR) is 106 cm³/mol. The zero-order chi connectivity index (χ0) is 20.0. The average Bonchev–Trinajstić information content (AvgIpc) is 3.07. The first-order chi connectivity index (χ1) is 13.4. The molecule has 140 valence electrons. The molecule has 0 amide bonds. The van der Waals surface area contributed by atoms with Gasteiger partial charge in [-0.05, 0) is 42.7 Å². The maximum atomic E-state index is 12.3. The highest BCUT2D eigenvalue weighted by molar-refractivity contribution is 5.99. The van der Waals surface area contributed by atoms with Crippen molar-refractivity contribution < 1.29 is 14.3 Å². The normalized spacial score (nSPS) is 11.7. The van der Waals surface area contributed by atoms with Gasteiger partial charge in [0.25, 0.3) is 0 Å². The lowest BCUT2D eigenvalue weighted by Crippen LogP contribution is -2.11. The molecule has 0 aliphatic heterocycles. The lowest BCUT2D eigenvalue weighted by atomic mass is 9.95. The number of hydrogen-bond donors (Lipinski definition) is 1. The van der Waals surface area contributed by atoms with E-state index >= 15 is 0 Å². The third-order valence-corrected chi connectivity index (χ3v) is 5.23. The van der Waals surface area contributed by atoms with Gasteiger partial charge in [-0.2, -0.15) is 0 Å². The molecule has 0 bridgehead atoms. The zero-order valence-corrected chi connectivity index (χ0v) is 15.9. The standard InChI is InChI=1S/C22H19N3O3/c1-11-15(5-4-6-18(11)23)20-19-16-8-7-13(12(2)26)9-14(16)10-17(19)21(25-24-20)22(27)28-3/h4-9H,10,23H2,1-3H3. The summed E-state index contributed by atoms with van der Waals surface area (Å²) in [6, 6.07) is 11.2. The molecule has 6 heteroatoms. The summed E-state index contributed by atoms with van der Waals surface area (Å²) in [5.41, 5.74) is 13.5. The molecule has 0 spiro atoms. The average molecular weight is 373 g/mol. The number of carbonyl (C=O) groups is 2. The number of anilines is 1. The van der Waals surface area contributed by atoms with Crippen molar-refractivity contribution in [3.63, 3.8) is 0 Å². The number of nitrogens with zero attached hydrogens (tertiary/aromatic N) is 2. The van der Waals surface area contributed by atoms with Crippen LogP contribution >= 0.6 is 0 Å². The Morgan fingerprint density at radius 1 is 1.11 bits per heavy atom. The smallest absolute Gasteiger partial charge is 0.358 e. The predicted octanol–water partition coefficient (Wildman–Crippen LogP) is 3.59. The number of benzene rings is 2. The summed E-state index contributed by atoms with van der Waals surface area (Å²) in [4.78, 5) is 24.1. The fourth-order valence-corrected chi connectivity index (χ4v) is 3.69. The van der Waals surface area contributed by atoms with Crippen LogP contribution in [0.5, 0.6) is 0 Å². The van der Waals surface area contributed by atoms with E-state index in [0.717, 1.165) is 33.4 Å². The summed E-state index contributed by atoms with van der Waals surface area (Å²) < 4.78 is 4.90. The van der Waals surface area contributed by atoms with Gasteiger partial charge in [0.05, 0.1) is 7.11 Å². The first-order valence-corrected chi connectivity index (χ1v) is 8.90. The molecule has 1 heterocycles. The van der Waals surface area contributed by atoms with Crippen LogP contribution in [0.15, 0.2) is 36.4 Å². The second-order valence-corrected chi connectivity index (χ2v) is 6.87. The summed E-state index contributed by atoms with van der Waals surface area (Å²) in [6.07, 6.45) is 0.486. The van der Waals surface area contributed by atoms with E-state index in [2.05, 4.69) is 10.2 Å².